The van der Waals surface area contributed by atoms with Crippen LogP contribution in [0.5, 0.6) is 11.5 Å². The molecule has 3 aromatic carbocycles. The maximum absolute atomic E-state index is 14.1. The molecule has 0 unspecified atom stereocenters. The Kier molecular flexibility index (Phi) is 11.5. The molecule has 0 saturated carbocycles. The van der Waals surface area contributed by atoms with Gasteiger partial charge in [0.1, 0.15) is 24.2 Å². The average molecular weight is 618 g/mol. The second-order valence-corrected chi connectivity index (χ2v) is 11.8. The molecule has 0 fully saturated rings. The monoisotopic (exact) mass is 617 g/mol. The quantitative estimate of drug-likeness (QED) is 0.276. The van der Waals surface area contributed by atoms with E-state index in [0.29, 0.717) is 17.7 Å². The summed E-state index contributed by atoms with van der Waals surface area (Å²) in [6.45, 7) is 4.69. The fourth-order valence-electron chi connectivity index (χ4n) is 4.39. The maximum Gasteiger partial charge on any atom is 0.264 e. The average Bonchev–Trinajstić information content (AvgIpc) is 3.00. The van der Waals surface area contributed by atoms with Crippen molar-refractivity contribution in [2.45, 2.75) is 57.1 Å². The van der Waals surface area contributed by atoms with Crippen molar-refractivity contribution in [3.63, 3.8) is 0 Å². The number of hydrogen-bond donors (Lipinski definition) is 1. The number of amides is 2. The van der Waals surface area contributed by atoms with Crippen LogP contribution in [0.25, 0.3) is 0 Å². The van der Waals surface area contributed by atoms with Gasteiger partial charge in [-0.1, -0.05) is 26.0 Å². The lowest BCUT2D eigenvalue weighted by Gasteiger charge is -2.33. The summed E-state index contributed by atoms with van der Waals surface area (Å²) in [7, 11) is -1.66. The van der Waals surface area contributed by atoms with Crippen molar-refractivity contribution in [2.75, 3.05) is 25.1 Å². The first-order valence-electron chi connectivity index (χ1n) is 13.8. The Bertz CT molecular complexity index is 1500. The van der Waals surface area contributed by atoms with Crippen LogP contribution < -0.4 is 19.1 Å². The Labute approximate surface area is 251 Å². The van der Waals surface area contributed by atoms with Crippen molar-refractivity contribution in [3.05, 3.63) is 83.9 Å². The van der Waals surface area contributed by atoms with Crippen molar-refractivity contribution < 1.29 is 36.3 Å². The van der Waals surface area contributed by atoms with Crippen molar-refractivity contribution in [2.24, 2.45) is 0 Å². The number of nitrogens with zero attached hydrogens (tertiary/aromatic N) is 2. The normalized spacial score (nSPS) is 12.6. The summed E-state index contributed by atoms with van der Waals surface area (Å²) in [6.07, 6.45) is 0.893. The van der Waals surface area contributed by atoms with Crippen LogP contribution in [0.4, 0.5) is 14.5 Å². The van der Waals surface area contributed by atoms with E-state index in [0.717, 1.165) is 16.4 Å². The Morgan fingerprint density at radius 1 is 0.860 bits per heavy atom. The summed E-state index contributed by atoms with van der Waals surface area (Å²) in [4.78, 5) is 28.5. The molecule has 3 rings (SSSR count). The summed E-state index contributed by atoms with van der Waals surface area (Å²) in [5.41, 5.74) is 0.573. The number of methoxy groups -OCH3 is 2. The molecule has 0 aliphatic carbocycles. The molecule has 3 aromatic rings. The highest BCUT2D eigenvalue weighted by molar-refractivity contribution is 7.92. The van der Waals surface area contributed by atoms with E-state index >= 15 is 0 Å². The third kappa shape index (κ3) is 8.22. The number of carbonyl (C=O) groups is 2. The zero-order valence-electron chi connectivity index (χ0n) is 24.8. The Hall–Kier alpha value is -4.19. The molecule has 1 N–H and O–H groups in total. The van der Waals surface area contributed by atoms with Gasteiger partial charge in [0.2, 0.25) is 11.8 Å². The molecule has 0 radical (unpaired) electrons. The lowest BCUT2D eigenvalue weighted by atomic mass is 10.1. The smallest absolute Gasteiger partial charge is 0.264 e. The lowest BCUT2D eigenvalue weighted by Crippen LogP contribution is -2.53. The zero-order valence-corrected chi connectivity index (χ0v) is 25.7. The number of halogens is 2. The first-order chi connectivity index (χ1) is 20.4. The molecule has 43 heavy (non-hydrogen) atoms. The van der Waals surface area contributed by atoms with E-state index in [9.17, 15) is 26.8 Å². The van der Waals surface area contributed by atoms with Crippen molar-refractivity contribution in [3.8, 4) is 11.5 Å². The fraction of sp³-hybridized carbons (Fsp3) is 0.355. The number of benzene rings is 3. The van der Waals surface area contributed by atoms with Gasteiger partial charge in [0.15, 0.2) is 11.5 Å². The van der Waals surface area contributed by atoms with Gasteiger partial charge in [-0.15, -0.1) is 0 Å². The molecule has 9 nitrogen and oxygen atoms in total. The van der Waals surface area contributed by atoms with Crippen LogP contribution in [-0.4, -0.2) is 58.0 Å². The highest BCUT2D eigenvalue weighted by atomic mass is 32.2. The number of ether oxygens (including phenoxy) is 2. The highest BCUT2D eigenvalue weighted by Crippen LogP contribution is 2.32. The minimum Gasteiger partial charge on any atom is -0.493 e. The third-order valence-electron chi connectivity index (χ3n) is 6.99. The molecule has 0 aliphatic heterocycles. The van der Waals surface area contributed by atoms with Crippen LogP contribution in [-0.2, 0) is 26.2 Å². The number of sulfonamides is 1. The summed E-state index contributed by atoms with van der Waals surface area (Å²) in [5.74, 6) is -1.70. The number of nitrogens with one attached hydrogen (secondary N) is 1. The van der Waals surface area contributed by atoms with E-state index in [2.05, 4.69) is 5.32 Å². The second kappa shape index (κ2) is 14.8. The van der Waals surface area contributed by atoms with E-state index in [4.69, 9.17) is 9.47 Å². The van der Waals surface area contributed by atoms with E-state index < -0.39 is 46.1 Å². The maximum atomic E-state index is 14.1. The molecule has 0 heterocycles. The molecular formula is C31H37F2N3O6S. The Morgan fingerprint density at radius 3 is 1.98 bits per heavy atom. The van der Waals surface area contributed by atoms with Gasteiger partial charge in [-0.25, -0.2) is 17.2 Å². The summed E-state index contributed by atoms with van der Waals surface area (Å²) in [6, 6.07) is 13.0. The van der Waals surface area contributed by atoms with Crippen LogP contribution in [0.1, 0.15) is 39.2 Å². The van der Waals surface area contributed by atoms with Gasteiger partial charge < -0.3 is 19.7 Å². The van der Waals surface area contributed by atoms with E-state index in [1.807, 2.05) is 13.8 Å². The van der Waals surface area contributed by atoms with Gasteiger partial charge in [0.25, 0.3) is 10.0 Å². The molecule has 232 valence electrons. The minimum atomic E-state index is -4.43. The van der Waals surface area contributed by atoms with Gasteiger partial charge in [-0.05, 0) is 73.9 Å². The number of carbonyl (C=O) groups excluding carboxylic acids is 2. The largest absolute Gasteiger partial charge is 0.493 e. The number of hydrogen-bond acceptors (Lipinski definition) is 6. The van der Waals surface area contributed by atoms with Crippen LogP contribution in [0, 0.1) is 11.6 Å². The number of anilines is 1. The van der Waals surface area contributed by atoms with Crippen molar-refractivity contribution in [1.82, 2.24) is 10.2 Å². The molecule has 0 bridgehead atoms. The second-order valence-electron chi connectivity index (χ2n) is 9.89. The predicted octanol–water partition coefficient (Wildman–Crippen LogP) is 4.90. The summed E-state index contributed by atoms with van der Waals surface area (Å²) < 4.78 is 66.9. The predicted molar refractivity (Wildman–Crippen MR) is 159 cm³/mol. The lowest BCUT2D eigenvalue weighted by molar-refractivity contribution is -0.140. The fourth-order valence-corrected chi connectivity index (χ4v) is 5.82. The Morgan fingerprint density at radius 2 is 1.44 bits per heavy atom. The molecule has 0 saturated heterocycles. The Balaban J connectivity index is 2.09. The zero-order chi connectivity index (χ0) is 31.7. The summed E-state index contributed by atoms with van der Waals surface area (Å²) >= 11 is 0. The van der Waals surface area contributed by atoms with Gasteiger partial charge in [0, 0.05) is 18.7 Å². The van der Waals surface area contributed by atoms with Gasteiger partial charge in [-0.3, -0.25) is 13.9 Å². The SMILES string of the molecule is CC[C@@H](C)NC(=O)[C@@H](CC)N(Cc1ccc(F)cc1)C(=O)CN(c1ccc(F)cc1)S(=O)(=O)c1ccc(OC)c(OC)c1. The highest BCUT2D eigenvalue weighted by Gasteiger charge is 2.34. The molecule has 2 atom stereocenters. The van der Waals surface area contributed by atoms with Gasteiger partial charge >= 0.3 is 0 Å². The summed E-state index contributed by atoms with van der Waals surface area (Å²) in [5, 5.41) is 2.89. The van der Waals surface area contributed by atoms with Crippen LogP contribution in [0.2, 0.25) is 0 Å². The standard InChI is InChI=1S/C31H37F2N3O6S/c1-6-21(3)34-31(38)27(7-2)35(19-22-8-10-23(32)11-9-22)30(37)20-36(25-14-12-24(33)13-15-25)43(39,40)26-16-17-28(41-4)29(18-26)42-5/h8-18,21,27H,6-7,19-20H2,1-5H3,(H,34,38)/t21-,27-/m1/s1. The van der Waals surface area contributed by atoms with Crippen molar-refractivity contribution in [1.29, 1.82) is 0 Å². The molecule has 2 amide bonds. The van der Waals surface area contributed by atoms with Crippen molar-refractivity contribution >= 4 is 27.5 Å². The molecule has 0 aromatic heterocycles. The van der Waals surface area contributed by atoms with Gasteiger partial charge in [-0.2, -0.15) is 0 Å². The number of rotatable bonds is 14. The van der Waals surface area contributed by atoms with Gasteiger partial charge in [0.05, 0.1) is 24.8 Å². The first kappa shape index (κ1) is 33.3. The molecule has 0 spiro atoms. The van der Waals surface area contributed by atoms with Crippen LogP contribution in [0.15, 0.2) is 71.6 Å². The molecule has 12 heteroatoms. The van der Waals surface area contributed by atoms with Crippen LogP contribution >= 0.6 is 0 Å². The van der Waals surface area contributed by atoms with E-state index in [-0.39, 0.29) is 35.3 Å². The van der Waals surface area contributed by atoms with E-state index in [1.165, 1.54) is 73.7 Å². The minimum absolute atomic E-state index is 0.0309. The van der Waals surface area contributed by atoms with E-state index in [1.54, 1.807) is 6.92 Å². The van der Waals surface area contributed by atoms with Crippen LogP contribution in [0.3, 0.4) is 0 Å². The third-order valence-corrected chi connectivity index (χ3v) is 8.76. The first-order valence-corrected chi connectivity index (χ1v) is 15.2. The topological polar surface area (TPSA) is 105 Å². The molecular weight excluding hydrogens is 580 g/mol. The molecule has 0 aliphatic rings.